The maximum absolute atomic E-state index is 15.0. The van der Waals surface area contributed by atoms with E-state index in [4.69, 9.17) is 18.9 Å². The number of hydrogen-bond donors (Lipinski definition) is 0. The first kappa shape index (κ1) is 21.6. The van der Waals surface area contributed by atoms with Crippen LogP contribution in [0, 0.1) is 5.82 Å². The molecular weight excluding hydrogens is 453 g/mol. The molecule has 1 atom stereocenters. The molecule has 0 radical (unpaired) electrons. The maximum Gasteiger partial charge on any atom is 0.212 e. The van der Waals surface area contributed by atoms with Crippen LogP contribution in [0.4, 0.5) is 10.1 Å². The van der Waals surface area contributed by atoms with E-state index in [1.54, 1.807) is 31.8 Å². The van der Waals surface area contributed by atoms with Crippen molar-refractivity contribution in [1.82, 2.24) is 19.5 Å². The number of rotatable bonds is 5. The molecule has 0 bridgehead atoms. The monoisotopic (exact) mass is 477 g/mol. The van der Waals surface area contributed by atoms with Crippen LogP contribution in [0.5, 0.6) is 17.4 Å². The average molecular weight is 477 g/mol. The number of imidazole rings is 1. The molecule has 5 heterocycles. The second kappa shape index (κ2) is 9.03. The van der Waals surface area contributed by atoms with Crippen LogP contribution in [0.1, 0.15) is 17.2 Å². The Balaban J connectivity index is 1.21. The van der Waals surface area contributed by atoms with Crippen molar-refractivity contribution >= 4 is 16.9 Å². The molecule has 0 spiro atoms. The molecular formula is C25H24FN5O4. The van der Waals surface area contributed by atoms with E-state index in [9.17, 15) is 0 Å². The Bertz CT molecular complexity index is 1350. The summed E-state index contributed by atoms with van der Waals surface area (Å²) in [6.07, 6.45) is 4.77. The lowest BCUT2D eigenvalue weighted by molar-refractivity contribution is 0.0853. The zero-order valence-corrected chi connectivity index (χ0v) is 19.2. The predicted octanol–water partition coefficient (Wildman–Crippen LogP) is 3.37. The van der Waals surface area contributed by atoms with E-state index < -0.39 is 11.9 Å². The molecule has 1 unspecified atom stereocenters. The van der Waals surface area contributed by atoms with Crippen LogP contribution in [-0.4, -0.2) is 59.5 Å². The van der Waals surface area contributed by atoms with Crippen LogP contribution < -0.4 is 19.1 Å². The minimum absolute atomic E-state index is 0.101. The van der Waals surface area contributed by atoms with Crippen LogP contribution >= 0.6 is 0 Å². The summed E-state index contributed by atoms with van der Waals surface area (Å²) in [4.78, 5) is 15.6. The lowest BCUT2D eigenvalue weighted by atomic mass is 10.1. The van der Waals surface area contributed by atoms with Crippen molar-refractivity contribution in [3.05, 3.63) is 66.0 Å². The highest BCUT2D eigenvalue weighted by Crippen LogP contribution is 2.39. The van der Waals surface area contributed by atoms with Gasteiger partial charge in [-0.3, -0.25) is 0 Å². The number of benzene rings is 1. The minimum Gasteiger partial charge on any atom is -0.485 e. The third kappa shape index (κ3) is 4.21. The lowest BCUT2D eigenvalue weighted by Crippen LogP contribution is -2.36. The van der Waals surface area contributed by atoms with Gasteiger partial charge < -0.3 is 28.4 Å². The summed E-state index contributed by atoms with van der Waals surface area (Å²) in [7, 11) is 1.55. The molecule has 0 aliphatic carbocycles. The van der Waals surface area contributed by atoms with Gasteiger partial charge in [-0.15, -0.1) is 0 Å². The Morgan fingerprint density at radius 3 is 2.77 bits per heavy atom. The largest absolute Gasteiger partial charge is 0.485 e. The summed E-state index contributed by atoms with van der Waals surface area (Å²) in [5.41, 5.74) is 4.07. The quantitative estimate of drug-likeness (QED) is 0.433. The molecule has 9 nitrogen and oxygen atoms in total. The van der Waals surface area contributed by atoms with Gasteiger partial charge in [-0.2, -0.15) is 0 Å². The van der Waals surface area contributed by atoms with Gasteiger partial charge in [0, 0.05) is 30.9 Å². The minimum atomic E-state index is -0.476. The molecule has 180 valence electrons. The number of nitrogens with zero attached hydrogens (tertiary/aromatic N) is 5. The fraction of sp³-hybridized carbons (Fsp3) is 0.320. The van der Waals surface area contributed by atoms with Gasteiger partial charge in [-0.25, -0.2) is 19.3 Å². The number of fused-ring (bicyclic) bond motifs is 2. The zero-order valence-electron chi connectivity index (χ0n) is 19.2. The van der Waals surface area contributed by atoms with Crippen molar-refractivity contribution in [1.29, 1.82) is 0 Å². The molecule has 2 aliphatic heterocycles. The molecule has 10 heteroatoms. The van der Waals surface area contributed by atoms with Crippen molar-refractivity contribution in [2.75, 3.05) is 44.9 Å². The molecule has 3 aromatic heterocycles. The third-order valence-electron chi connectivity index (χ3n) is 6.23. The lowest BCUT2D eigenvalue weighted by Gasteiger charge is -2.28. The number of hydrogen-bond acceptors (Lipinski definition) is 8. The topological polar surface area (TPSA) is 83.8 Å². The summed E-state index contributed by atoms with van der Waals surface area (Å²) >= 11 is 0. The first-order valence-electron chi connectivity index (χ1n) is 11.4. The second-order valence-electron chi connectivity index (χ2n) is 8.46. The van der Waals surface area contributed by atoms with Crippen LogP contribution in [-0.2, 0) is 11.3 Å². The average Bonchev–Trinajstić information content (AvgIpc) is 3.31. The van der Waals surface area contributed by atoms with E-state index in [1.807, 2.05) is 22.9 Å². The van der Waals surface area contributed by atoms with Gasteiger partial charge in [0.1, 0.15) is 12.1 Å². The molecule has 1 aromatic carbocycles. The van der Waals surface area contributed by atoms with Gasteiger partial charge >= 0.3 is 0 Å². The second-order valence-corrected chi connectivity index (χ2v) is 8.46. The molecule has 4 aromatic rings. The standard InChI is InChI=1S/C25H24FN5O4/c1-32-23-3-2-17(11-27-23)22-14-34-21-9-16(8-19(26)24(21)35-22)13-31-15-29-20-10-18(12-28-25(20)31)30-4-6-33-7-5-30/h2-3,8-12,15,22H,4-7,13-14H2,1H3. The molecule has 6 rings (SSSR count). The first-order valence-corrected chi connectivity index (χ1v) is 11.4. The van der Waals surface area contributed by atoms with Crippen LogP contribution in [0.25, 0.3) is 11.2 Å². The van der Waals surface area contributed by atoms with E-state index in [-0.39, 0.29) is 12.4 Å². The fourth-order valence-electron chi connectivity index (χ4n) is 4.39. The molecule has 35 heavy (non-hydrogen) atoms. The summed E-state index contributed by atoms with van der Waals surface area (Å²) in [6, 6.07) is 8.86. The number of halogens is 1. The smallest absolute Gasteiger partial charge is 0.212 e. The Morgan fingerprint density at radius 1 is 1.09 bits per heavy atom. The van der Waals surface area contributed by atoms with Crippen molar-refractivity contribution in [2.24, 2.45) is 0 Å². The molecule has 1 fully saturated rings. The Morgan fingerprint density at radius 2 is 1.97 bits per heavy atom. The van der Waals surface area contributed by atoms with Crippen LogP contribution in [0.3, 0.4) is 0 Å². The number of pyridine rings is 2. The summed E-state index contributed by atoms with van der Waals surface area (Å²) in [6.45, 7) is 3.74. The fourth-order valence-corrected chi connectivity index (χ4v) is 4.39. The van der Waals surface area contributed by atoms with Gasteiger partial charge in [0.2, 0.25) is 5.88 Å². The van der Waals surface area contributed by atoms with Gasteiger partial charge in [0.05, 0.1) is 45.1 Å². The summed E-state index contributed by atoms with van der Waals surface area (Å²) in [5, 5.41) is 0. The zero-order chi connectivity index (χ0) is 23.8. The van der Waals surface area contributed by atoms with Gasteiger partial charge in [-0.1, -0.05) is 0 Å². The van der Waals surface area contributed by atoms with Crippen molar-refractivity contribution in [3.63, 3.8) is 0 Å². The molecule has 2 aliphatic rings. The van der Waals surface area contributed by atoms with Gasteiger partial charge in [0.15, 0.2) is 29.1 Å². The third-order valence-corrected chi connectivity index (χ3v) is 6.23. The normalized spacial score (nSPS) is 17.5. The number of aromatic nitrogens is 4. The first-order chi connectivity index (χ1) is 17.2. The number of methoxy groups -OCH3 is 1. The highest BCUT2D eigenvalue weighted by atomic mass is 19.1. The van der Waals surface area contributed by atoms with Crippen LogP contribution in [0.2, 0.25) is 0 Å². The van der Waals surface area contributed by atoms with E-state index in [2.05, 4.69) is 19.9 Å². The maximum atomic E-state index is 15.0. The predicted molar refractivity (Wildman–Crippen MR) is 126 cm³/mol. The molecule has 1 saturated heterocycles. The number of morpholine rings is 1. The Kier molecular flexibility index (Phi) is 5.57. The van der Waals surface area contributed by atoms with Crippen molar-refractivity contribution in [3.8, 4) is 17.4 Å². The van der Waals surface area contributed by atoms with Crippen molar-refractivity contribution < 1.29 is 23.3 Å². The summed E-state index contributed by atoms with van der Waals surface area (Å²) < 4.78 is 39.3. The molecule has 0 amide bonds. The van der Waals surface area contributed by atoms with E-state index in [0.29, 0.717) is 31.4 Å². The number of ether oxygens (including phenoxy) is 4. The Labute approximate surface area is 201 Å². The highest BCUT2D eigenvalue weighted by Gasteiger charge is 2.27. The molecule has 0 N–H and O–H groups in total. The van der Waals surface area contributed by atoms with Crippen molar-refractivity contribution in [2.45, 2.75) is 12.6 Å². The SMILES string of the molecule is COc1ccc(C2COc3cc(Cn4cnc5cc(N6CCOCC6)cnc54)cc(F)c3O2)cn1. The van der Waals surface area contributed by atoms with E-state index >= 15 is 4.39 Å². The van der Waals surface area contributed by atoms with E-state index in [1.165, 1.54) is 6.07 Å². The van der Waals surface area contributed by atoms with Gasteiger partial charge in [0.25, 0.3) is 0 Å². The van der Waals surface area contributed by atoms with Gasteiger partial charge in [-0.05, 0) is 29.8 Å². The number of anilines is 1. The Hall–Kier alpha value is -3.92. The van der Waals surface area contributed by atoms with E-state index in [0.717, 1.165) is 41.1 Å². The molecule has 0 saturated carbocycles. The highest BCUT2D eigenvalue weighted by molar-refractivity contribution is 5.75. The van der Waals surface area contributed by atoms with Crippen LogP contribution in [0.15, 0.2) is 49.1 Å². The summed E-state index contributed by atoms with van der Waals surface area (Å²) in [5.74, 6) is 0.505.